The lowest BCUT2D eigenvalue weighted by Crippen LogP contribution is -2.26. The highest BCUT2D eigenvalue weighted by atomic mass is 32.3. The van der Waals surface area contributed by atoms with Crippen LogP contribution in [0.3, 0.4) is 0 Å². The van der Waals surface area contributed by atoms with Gasteiger partial charge in [-0.25, -0.2) is 0 Å². The minimum Gasteiger partial charge on any atom is -0.489 e. The molecule has 1 aliphatic rings. The number of ether oxygens (including phenoxy) is 1. The molecule has 0 unspecified atom stereocenters. The summed E-state index contributed by atoms with van der Waals surface area (Å²) < 4.78 is 46.1. The van der Waals surface area contributed by atoms with Gasteiger partial charge in [-0.15, -0.1) is 0 Å². The van der Waals surface area contributed by atoms with E-state index in [-0.39, 0.29) is 12.5 Å². The molecule has 2 aromatic rings. The molecule has 1 aliphatic heterocycles. The molecule has 1 amide bonds. The Balaban J connectivity index is 1.88. The van der Waals surface area contributed by atoms with Crippen molar-refractivity contribution in [2.45, 2.75) is 19.2 Å². The van der Waals surface area contributed by atoms with Gasteiger partial charge in [0.2, 0.25) is 5.91 Å². The fourth-order valence-electron chi connectivity index (χ4n) is 3.26. The van der Waals surface area contributed by atoms with E-state index >= 15 is 0 Å². The molecule has 3 rings (SSSR count). The van der Waals surface area contributed by atoms with Crippen LogP contribution in [0.4, 0.5) is 18.9 Å². The van der Waals surface area contributed by atoms with E-state index in [9.17, 15) is 18.0 Å². The topological polar surface area (TPSA) is 29.5 Å². The molecule has 0 spiro atoms. The summed E-state index contributed by atoms with van der Waals surface area (Å²) in [6.45, 7) is 4.00. The van der Waals surface area contributed by atoms with Crippen LogP contribution in [0.25, 0.3) is 0 Å². The molecule has 0 saturated carbocycles. The molecular weight excluding hydrogens is 423 g/mol. The number of fused-ring (bicyclic) bond motifs is 1. The Morgan fingerprint density at radius 1 is 1.26 bits per heavy atom. The molecular formula is C24H24F3NO2S. The number of halogens is 3. The first-order chi connectivity index (χ1) is 14.5. The second-order valence-electron chi connectivity index (χ2n) is 7.97. The third-order valence-corrected chi connectivity index (χ3v) is 5.36. The standard InChI is InChI=1S/C24H24F3NO2S/c1-5-23(29)28-11-9-20-21(28)7-6-8-22(20)30-16-18-13-17(10-12-31(2,3)4)14-19(15-18)24(25,26)27/h5-8,13-15H,1,9,11,16H2,2-4H3. The van der Waals surface area contributed by atoms with Crippen LogP contribution in [0.5, 0.6) is 5.75 Å². The maximum Gasteiger partial charge on any atom is 0.416 e. The van der Waals surface area contributed by atoms with Crippen molar-refractivity contribution in [3.8, 4) is 16.9 Å². The number of nitrogens with zero attached hydrogens (tertiary/aromatic N) is 1. The smallest absolute Gasteiger partial charge is 0.416 e. The van der Waals surface area contributed by atoms with Crippen LogP contribution in [0.15, 0.2) is 49.1 Å². The lowest BCUT2D eigenvalue weighted by Gasteiger charge is -2.16. The minimum absolute atomic E-state index is 0.0349. The molecule has 31 heavy (non-hydrogen) atoms. The van der Waals surface area contributed by atoms with Crippen LogP contribution >= 0.6 is 10.0 Å². The van der Waals surface area contributed by atoms with E-state index in [0.717, 1.165) is 23.4 Å². The van der Waals surface area contributed by atoms with E-state index in [0.29, 0.717) is 29.8 Å². The van der Waals surface area contributed by atoms with Crippen LogP contribution in [0, 0.1) is 11.2 Å². The molecule has 0 aliphatic carbocycles. The molecule has 2 aromatic carbocycles. The Labute approximate surface area is 182 Å². The molecule has 164 valence electrons. The van der Waals surface area contributed by atoms with Gasteiger partial charge >= 0.3 is 6.18 Å². The molecule has 7 heteroatoms. The molecule has 0 N–H and O–H groups in total. The van der Waals surface area contributed by atoms with E-state index in [4.69, 9.17) is 4.74 Å². The third kappa shape index (κ3) is 5.65. The Hall–Kier alpha value is -2.85. The van der Waals surface area contributed by atoms with E-state index in [1.807, 2.05) is 24.8 Å². The van der Waals surface area contributed by atoms with Crippen molar-refractivity contribution in [1.29, 1.82) is 0 Å². The molecule has 0 bridgehead atoms. The van der Waals surface area contributed by atoms with Gasteiger partial charge < -0.3 is 9.64 Å². The maximum absolute atomic E-state index is 13.4. The number of hydrogen-bond donors (Lipinski definition) is 0. The number of amides is 1. The van der Waals surface area contributed by atoms with Crippen LogP contribution < -0.4 is 9.64 Å². The van der Waals surface area contributed by atoms with Gasteiger partial charge in [-0.3, -0.25) is 4.79 Å². The number of benzene rings is 2. The van der Waals surface area contributed by atoms with Gasteiger partial charge in [0.25, 0.3) is 0 Å². The zero-order chi connectivity index (χ0) is 22.8. The van der Waals surface area contributed by atoms with Gasteiger partial charge in [0.15, 0.2) is 0 Å². The molecule has 3 nitrogen and oxygen atoms in total. The van der Waals surface area contributed by atoms with Crippen molar-refractivity contribution in [2.24, 2.45) is 0 Å². The molecule has 1 heterocycles. The van der Waals surface area contributed by atoms with Crippen molar-refractivity contribution in [1.82, 2.24) is 0 Å². The van der Waals surface area contributed by atoms with Gasteiger partial charge in [0.1, 0.15) is 12.4 Å². The second kappa shape index (κ2) is 8.72. The van der Waals surface area contributed by atoms with E-state index in [1.165, 1.54) is 6.08 Å². The number of hydrogen-bond acceptors (Lipinski definition) is 2. The summed E-state index contributed by atoms with van der Waals surface area (Å²) in [5, 5.41) is 3.05. The summed E-state index contributed by atoms with van der Waals surface area (Å²) in [6, 6.07) is 9.13. The fraction of sp³-hybridized carbons (Fsp3) is 0.292. The number of anilines is 1. The predicted octanol–water partition coefficient (Wildman–Crippen LogP) is 5.36. The molecule has 0 atom stereocenters. The summed E-state index contributed by atoms with van der Waals surface area (Å²) in [4.78, 5) is 13.6. The van der Waals surface area contributed by atoms with Crippen molar-refractivity contribution in [3.05, 3.63) is 71.3 Å². The zero-order valence-electron chi connectivity index (χ0n) is 17.7. The van der Waals surface area contributed by atoms with Crippen molar-refractivity contribution in [3.63, 3.8) is 0 Å². The first-order valence-corrected chi connectivity index (χ1v) is 12.4. The lowest BCUT2D eigenvalue weighted by molar-refractivity contribution is -0.137. The van der Waals surface area contributed by atoms with Crippen LogP contribution in [-0.2, 0) is 24.0 Å². The van der Waals surface area contributed by atoms with Crippen LogP contribution in [0.1, 0.15) is 22.3 Å². The summed E-state index contributed by atoms with van der Waals surface area (Å²) in [5.41, 5.74) is 1.56. The van der Waals surface area contributed by atoms with Gasteiger partial charge in [-0.2, -0.15) is 23.2 Å². The molecule has 0 fully saturated rings. The number of rotatable bonds is 4. The summed E-state index contributed by atoms with van der Waals surface area (Å²) >= 11 is 0. The Morgan fingerprint density at radius 3 is 2.65 bits per heavy atom. The van der Waals surface area contributed by atoms with E-state index in [1.54, 1.807) is 23.1 Å². The fourth-order valence-corrected chi connectivity index (χ4v) is 3.68. The first kappa shape index (κ1) is 22.8. The molecule has 0 saturated heterocycles. The SMILES string of the molecule is C=CC(=O)N1CCc2c(OCc3cc(C#CS(C)(C)C)cc(C(F)(F)F)c3)cccc21. The van der Waals surface area contributed by atoms with Crippen molar-refractivity contribution in [2.75, 3.05) is 30.2 Å². The molecule has 0 radical (unpaired) electrons. The third-order valence-electron chi connectivity index (χ3n) is 4.64. The monoisotopic (exact) mass is 447 g/mol. The number of alkyl halides is 3. The Kier molecular flexibility index (Phi) is 6.42. The Bertz CT molecular complexity index is 1070. The first-order valence-electron chi connectivity index (χ1n) is 9.59. The van der Waals surface area contributed by atoms with Crippen LogP contribution in [-0.4, -0.2) is 31.2 Å². The van der Waals surface area contributed by atoms with Gasteiger partial charge in [0, 0.05) is 17.7 Å². The van der Waals surface area contributed by atoms with Crippen molar-refractivity contribution >= 4 is 21.6 Å². The average molecular weight is 448 g/mol. The number of carbonyl (C=O) groups is 1. The highest BCUT2D eigenvalue weighted by Crippen LogP contribution is 2.36. The minimum atomic E-state index is -4.47. The second-order valence-corrected chi connectivity index (χ2v) is 11.8. The van der Waals surface area contributed by atoms with Crippen molar-refractivity contribution < 1.29 is 22.7 Å². The van der Waals surface area contributed by atoms with Gasteiger partial charge in [-0.1, -0.05) is 18.6 Å². The largest absolute Gasteiger partial charge is 0.489 e. The van der Waals surface area contributed by atoms with Crippen LogP contribution in [0.2, 0.25) is 0 Å². The van der Waals surface area contributed by atoms with E-state index < -0.39 is 21.8 Å². The molecule has 0 aromatic heterocycles. The highest BCUT2D eigenvalue weighted by Gasteiger charge is 2.31. The highest BCUT2D eigenvalue weighted by molar-refractivity contribution is 8.35. The maximum atomic E-state index is 13.4. The predicted molar refractivity (Wildman–Crippen MR) is 121 cm³/mol. The summed E-state index contributed by atoms with van der Waals surface area (Å²) in [6.07, 6.45) is 3.34. The Morgan fingerprint density at radius 2 is 2.00 bits per heavy atom. The summed E-state index contributed by atoms with van der Waals surface area (Å²) in [5.74, 6) is 3.24. The zero-order valence-corrected chi connectivity index (χ0v) is 18.5. The number of carbonyl (C=O) groups excluding carboxylic acids is 1. The quantitative estimate of drug-likeness (QED) is 0.466. The summed E-state index contributed by atoms with van der Waals surface area (Å²) in [7, 11) is -1.17. The average Bonchev–Trinajstić information content (AvgIpc) is 3.13. The van der Waals surface area contributed by atoms with Gasteiger partial charge in [-0.05, 0) is 72.4 Å². The van der Waals surface area contributed by atoms with Gasteiger partial charge in [0.05, 0.1) is 11.3 Å². The lowest BCUT2D eigenvalue weighted by atomic mass is 10.1. The normalized spacial score (nSPS) is 13.8. The van der Waals surface area contributed by atoms with E-state index in [2.05, 4.69) is 17.8 Å².